The third-order valence-corrected chi connectivity index (χ3v) is 3.55. The van der Waals surface area contributed by atoms with Crippen molar-refractivity contribution in [2.45, 2.75) is 26.3 Å². The number of ether oxygens (including phenoxy) is 1. The van der Waals surface area contributed by atoms with Gasteiger partial charge in [0.2, 0.25) is 0 Å². The Balaban J connectivity index is 1.74. The number of hydrogen-bond donors (Lipinski definition) is 1. The third kappa shape index (κ3) is 4.00. The van der Waals surface area contributed by atoms with Crippen molar-refractivity contribution < 1.29 is 4.74 Å². The summed E-state index contributed by atoms with van der Waals surface area (Å²) in [7, 11) is 0. The Morgan fingerprint density at radius 3 is 3.11 bits per heavy atom. The Hall–Kier alpha value is -1.06. The molecule has 0 amide bonds. The highest BCUT2D eigenvalue weighted by atomic mass is 16.5. The van der Waals surface area contributed by atoms with Gasteiger partial charge in [0, 0.05) is 19.6 Å². The first kappa shape index (κ1) is 13.4. The maximum absolute atomic E-state index is 5.79. The lowest BCUT2D eigenvalue weighted by molar-refractivity contribution is 0.153. The van der Waals surface area contributed by atoms with Crippen LogP contribution < -0.4 is 10.5 Å². The molecule has 2 N–H and O–H groups in total. The van der Waals surface area contributed by atoms with Crippen molar-refractivity contribution in [2.75, 3.05) is 26.2 Å². The molecule has 0 aliphatic carbocycles. The maximum atomic E-state index is 5.79. The van der Waals surface area contributed by atoms with Crippen molar-refractivity contribution in [3.63, 3.8) is 0 Å². The highest BCUT2D eigenvalue weighted by molar-refractivity contribution is 5.28. The summed E-state index contributed by atoms with van der Waals surface area (Å²) in [5, 5.41) is 0. The van der Waals surface area contributed by atoms with E-state index in [1.54, 1.807) is 0 Å². The summed E-state index contributed by atoms with van der Waals surface area (Å²) >= 11 is 0. The molecule has 1 aliphatic rings. The predicted molar refractivity (Wildman–Crippen MR) is 74.7 cm³/mol. The van der Waals surface area contributed by atoms with Gasteiger partial charge in [0.15, 0.2) is 0 Å². The van der Waals surface area contributed by atoms with Crippen LogP contribution in [-0.2, 0) is 6.54 Å². The average Bonchev–Trinajstić information content (AvgIpc) is 2.39. The smallest absolute Gasteiger partial charge is 0.119 e. The molecule has 1 aromatic rings. The van der Waals surface area contributed by atoms with Crippen LogP contribution in [0.1, 0.15) is 25.3 Å². The van der Waals surface area contributed by atoms with Gasteiger partial charge >= 0.3 is 0 Å². The number of benzene rings is 1. The third-order valence-electron chi connectivity index (χ3n) is 3.55. The van der Waals surface area contributed by atoms with Gasteiger partial charge in [-0.15, -0.1) is 0 Å². The molecule has 1 heterocycles. The van der Waals surface area contributed by atoms with Crippen molar-refractivity contribution >= 4 is 0 Å². The van der Waals surface area contributed by atoms with Gasteiger partial charge in [-0.2, -0.15) is 0 Å². The van der Waals surface area contributed by atoms with E-state index in [9.17, 15) is 0 Å². The number of nitrogens with zero attached hydrogens (tertiary/aromatic N) is 1. The minimum absolute atomic E-state index is 0.570. The van der Waals surface area contributed by atoms with Crippen molar-refractivity contribution in [1.82, 2.24) is 4.90 Å². The quantitative estimate of drug-likeness (QED) is 0.868. The Bertz CT molecular complexity index is 367. The molecule has 0 saturated carbocycles. The monoisotopic (exact) mass is 248 g/mol. The lowest BCUT2D eigenvalue weighted by Crippen LogP contribution is -2.37. The molecule has 1 saturated heterocycles. The minimum Gasteiger partial charge on any atom is -0.492 e. The van der Waals surface area contributed by atoms with E-state index in [-0.39, 0.29) is 0 Å². The molecule has 1 atom stereocenters. The van der Waals surface area contributed by atoms with E-state index in [2.05, 4.69) is 11.8 Å². The normalized spacial score (nSPS) is 20.9. The maximum Gasteiger partial charge on any atom is 0.119 e. The minimum atomic E-state index is 0.570. The molecule has 18 heavy (non-hydrogen) atoms. The summed E-state index contributed by atoms with van der Waals surface area (Å²) in [5.74, 6) is 1.77. The number of hydrogen-bond acceptors (Lipinski definition) is 3. The largest absolute Gasteiger partial charge is 0.492 e. The van der Waals surface area contributed by atoms with E-state index in [0.29, 0.717) is 6.54 Å². The molecule has 1 unspecified atom stereocenters. The van der Waals surface area contributed by atoms with Crippen molar-refractivity contribution in [3.05, 3.63) is 29.8 Å². The predicted octanol–water partition coefficient (Wildman–Crippen LogP) is 2.26. The van der Waals surface area contributed by atoms with Gasteiger partial charge in [-0.05, 0) is 43.0 Å². The second-order valence-electron chi connectivity index (χ2n) is 5.25. The van der Waals surface area contributed by atoms with Gasteiger partial charge in [-0.1, -0.05) is 19.1 Å². The zero-order chi connectivity index (χ0) is 12.8. The lowest BCUT2D eigenvalue weighted by Gasteiger charge is -2.30. The van der Waals surface area contributed by atoms with E-state index >= 15 is 0 Å². The van der Waals surface area contributed by atoms with Crippen LogP contribution in [-0.4, -0.2) is 31.1 Å². The van der Waals surface area contributed by atoms with Crippen molar-refractivity contribution in [1.29, 1.82) is 0 Å². The molecule has 3 heteroatoms. The van der Waals surface area contributed by atoms with Gasteiger partial charge in [0.25, 0.3) is 0 Å². The Labute approximate surface area is 110 Å². The molecule has 0 bridgehead atoms. The highest BCUT2D eigenvalue weighted by Crippen LogP contribution is 2.16. The van der Waals surface area contributed by atoms with E-state index in [1.165, 1.54) is 25.9 Å². The van der Waals surface area contributed by atoms with E-state index in [0.717, 1.165) is 30.4 Å². The van der Waals surface area contributed by atoms with E-state index < -0.39 is 0 Å². The van der Waals surface area contributed by atoms with E-state index in [1.807, 2.05) is 24.3 Å². The molecule has 0 spiro atoms. The summed E-state index contributed by atoms with van der Waals surface area (Å²) in [6.45, 7) is 7.12. The summed E-state index contributed by atoms with van der Waals surface area (Å²) in [4.78, 5) is 2.50. The Morgan fingerprint density at radius 1 is 1.44 bits per heavy atom. The molecule has 2 rings (SSSR count). The van der Waals surface area contributed by atoms with Crippen molar-refractivity contribution in [3.8, 4) is 5.75 Å². The molecular weight excluding hydrogens is 224 g/mol. The fourth-order valence-corrected chi connectivity index (χ4v) is 2.54. The van der Waals surface area contributed by atoms with Gasteiger partial charge in [-0.25, -0.2) is 0 Å². The summed E-state index contributed by atoms with van der Waals surface area (Å²) < 4.78 is 5.79. The van der Waals surface area contributed by atoms with Crippen molar-refractivity contribution in [2.24, 2.45) is 11.7 Å². The number of nitrogens with two attached hydrogens (primary N) is 1. The van der Waals surface area contributed by atoms with Crippen LogP contribution >= 0.6 is 0 Å². The first-order valence-electron chi connectivity index (χ1n) is 6.92. The number of likely N-dealkylation sites (tertiary alicyclic amines) is 1. The van der Waals surface area contributed by atoms with Crippen LogP contribution in [0.25, 0.3) is 0 Å². The zero-order valence-electron chi connectivity index (χ0n) is 11.3. The molecule has 1 aromatic carbocycles. The number of rotatable bonds is 5. The van der Waals surface area contributed by atoms with Crippen LogP contribution in [0.2, 0.25) is 0 Å². The van der Waals surface area contributed by atoms with E-state index in [4.69, 9.17) is 10.5 Å². The van der Waals surface area contributed by atoms with Gasteiger partial charge in [0.1, 0.15) is 12.4 Å². The summed E-state index contributed by atoms with van der Waals surface area (Å²) in [5.41, 5.74) is 6.74. The average molecular weight is 248 g/mol. The van der Waals surface area contributed by atoms with Gasteiger partial charge in [-0.3, -0.25) is 4.90 Å². The molecule has 100 valence electrons. The molecule has 0 aromatic heterocycles. The van der Waals surface area contributed by atoms with Crippen LogP contribution in [0.4, 0.5) is 0 Å². The summed E-state index contributed by atoms with van der Waals surface area (Å²) in [6, 6.07) is 8.05. The second-order valence-corrected chi connectivity index (χ2v) is 5.25. The molecule has 3 nitrogen and oxygen atoms in total. The first-order valence-corrected chi connectivity index (χ1v) is 6.92. The van der Waals surface area contributed by atoms with Crippen LogP contribution in [0.15, 0.2) is 24.3 Å². The SMILES string of the molecule is CC1CCCN(CCOc2cccc(CN)c2)C1. The molecule has 1 aliphatic heterocycles. The lowest BCUT2D eigenvalue weighted by atomic mass is 10.0. The van der Waals surface area contributed by atoms with Crippen LogP contribution in [0.3, 0.4) is 0 Å². The topological polar surface area (TPSA) is 38.5 Å². The fourth-order valence-electron chi connectivity index (χ4n) is 2.54. The zero-order valence-corrected chi connectivity index (χ0v) is 11.3. The van der Waals surface area contributed by atoms with Gasteiger partial charge in [0.05, 0.1) is 0 Å². The van der Waals surface area contributed by atoms with Crippen LogP contribution in [0, 0.1) is 5.92 Å². The fraction of sp³-hybridized carbons (Fsp3) is 0.600. The standard InChI is InChI=1S/C15H24N2O/c1-13-4-3-7-17(12-13)8-9-18-15-6-2-5-14(10-15)11-16/h2,5-6,10,13H,3-4,7-9,11-12,16H2,1H3. The van der Waals surface area contributed by atoms with Gasteiger partial charge < -0.3 is 10.5 Å². The molecule has 1 fully saturated rings. The molecular formula is C15H24N2O. The highest BCUT2D eigenvalue weighted by Gasteiger charge is 2.15. The Morgan fingerprint density at radius 2 is 2.33 bits per heavy atom. The summed E-state index contributed by atoms with van der Waals surface area (Å²) in [6.07, 6.45) is 2.69. The second kappa shape index (κ2) is 6.76. The Kier molecular flexibility index (Phi) is 5.02. The van der Waals surface area contributed by atoms with Crippen LogP contribution in [0.5, 0.6) is 5.75 Å². The number of piperidine rings is 1. The first-order chi connectivity index (χ1) is 8.78. The molecule has 0 radical (unpaired) electrons.